The van der Waals surface area contributed by atoms with Crippen molar-refractivity contribution in [2.75, 3.05) is 0 Å². The highest BCUT2D eigenvalue weighted by atomic mass is 32.2. The van der Waals surface area contributed by atoms with Crippen molar-refractivity contribution < 1.29 is 13.2 Å². The molecular formula is C20H18N2O3S. The molecule has 132 valence electrons. The molecular weight excluding hydrogens is 348 g/mol. The van der Waals surface area contributed by atoms with Crippen LogP contribution in [0.4, 0.5) is 0 Å². The number of rotatable bonds is 3. The lowest BCUT2D eigenvalue weighted by molar-refractivity contribution is 0.112. The highest BCUT2D eigenvalue weighted by Gasteiger charge is 2.28. The van der Waals surface area contributed by atoms with Gasteiger partial charge in [0.15, 0.2) is 6.29 Å². The summed E-state index contributed by atoms with van der Waals surface area (Å²) in [7, 11) is -3.85. The van der Waals surface area contributed by atoms with Gasteiger partial charge in [0.25, 0.3) is 10.0 Å². The van der Waals surface area contributed by atoms with Crippen LogP contribution < -0.4 is 0 Å². The van der Waals surface area contributed by atoms with Crippen LogP contribution in [0.2, 0.25) is 0 Å². The number of carbonyl (C=O) groups is 1. The lowest BCUT2D eigenvalue weighted by Gasteiger charge is -2.13. The first-order valence-electron chi connectivity index (χ1n) is 8.48. The number of aromatic nitrogens is 2. The van der Waals surface area contributed by atoms with Crippen molar-refractivity contribution in [2.24, 2.45) is 0 Å². The molecule has 0 bridgehead atoms. The number of aldehydes is 1. The maximum atomic E-state index is 13.3. The van der Waals surface area contributed by atoms with Gasteiger partial charge >= 0.3 is 0 Å². The SMILES string of the molecule is Cc1ccc(S(=O)(=O)n2cc(C=O)c3c2-c2ccccc2CCC3)cn1. The zero-order chi connectivity index (χ0) is 18.3. The monoisotopic (exact) mass is 366 g/mol. The van der Waals surface area contributed by atoms with Crippen molar-refractivity contribution >= 4 is 16.3 Å². The van der Waals surface area contributed by atoms with E-state index in [2.05, 4.69) is 4.98 Å². The predicted molar refractivity (Wildman–Crippen MR) is 98.8 cm³/mol. The first-order valence-corrected chi connectivity index (χ1v) is 9.92. The van der Waals surface area contributed by atoms with Crippen LogP contribution >= 0.6 is 0 Å². The Morgan fingerprint density at radius 3 is 2.65 bits per heavy atom. The minimum atomic E-state index is -3.85. The molecule has 0 aliphatic heterocycles. The minimum Gasteiger partial charge on any atom is -0.298 e. The average Bonchev–Trinajstić information content (AvgIpc) is 2.91. The fourth-order valence-electron chi connectivity index (χ4n) is 3.52. The van der Waals surface area contributed by atoms with Gasteiger partial charge in [0.05, 0.1) is 5.69 Å². The van der Waals surface area contributed by atoms with Gasteiger partial charge in [-0.25, -0.2) is 12.4 Å². The Hall–Kier alpha value is -2.73. The van der Waals surface area contributed by atoms with E-state index in [1.54, 1.807) is 19.1 Å². The first kappa shape index (κ1) is 16.7. The number of hydrogen-bond acceptors (Lipinski definition) is 4. The summed E-state index contributed by atoms with van der Waals surface area (Å²) in [4.78, 5) is 15.8. The Balaban J connectivity index is 2.02. The topological polar surface area (TPSA) is 69.0 Å². The second kappa shape index (κ2) is 6.21. The number of carbonyl (C=O) groups excluding carboxylic acids is 1. The molecule has 0 amide bonds. The Bertz CT molecular complexity index is 1100. The molecule has 0 radical (unpaired) electrons. The van der Waals surface area contributed by atoms with Crippen LogP contribution in [0.25, 0.3) is 11.3 Å². The summed E-state index contributed by atoms with van der Waals surface area (Å²) in [5.74, 6) is 0. The van der Waals surface area contributed by atoms with Gasteiger partial charge in [-0.05, 0) is 49.4 Å². The molecule has 2 heterocycles. The fraction of sp³-hybridized carbons (Fsp3) is 0.200. The predicted octanol–water partition coefficient (Wildman–Crippen LogP) is 3.40. The van der Waals surface area contributed by atoms with Gasteiger partial charge in [-0.2, -0.15) is 0 Å². The van der Waals surface area contributed by atoms with Gasteiger partial charge < -0.3 is 0 Å². The number of pyridine rings is 1. The number of nitrogens with zero attached hydrogens (tertiary/aromatic N) is 2. The van der Waals surface area contributed by atoms with Crippen LogP contribution in [-0.2, 0) is 22.9 Å². The third-order valence-corrected chi connectivity index (χ3v) is 6.47. The minimum absolute atomic E-state index is 0.111. The highest BCUT2D eigenvalue weighted by Crippen LogP contribution is 2.37. The van der Waals surface area contributed by atoms with E-state index in [0.29, 0.717) is 17.7 Å². The zero-order valence-electron chi connectivity index (χ0n) is 14.3. The molecule has 1 aromatic carbocycles. The van der Waals surface area contributed by atoms with Crippen molar-refractivity contribution in [2.45, 2.75) is 31.1 Å². The summed E-state index contributed by atoms with van der Waals surface area (Å²) in [5.41, 5.74) is 4.54. The molecule has 26 heavy (non-hydrogen) atoms. The molecule has 0 atom stereocenters. The van der Waals surface area contributed by atoms with Crippen LogP contribution in [0.15, 0.2) is 53.7 Å². The molecule has 3 aromatic rings. The average molecular weight is 366 g/mol. The van der Waals surface area contributed by atoms with Crippen LogP contribution in [-0.4, -0.2) is 23.7 Å². The van der Waals surface area contributed by atoms with Crippen molar-refractivity contribution in [3.63, 3.8) is 0 Å². The first-order chi connectivity index (χ1) is 12.5. The smallest absolute Gasteiger partial charge is 0.269 e. The molecule has 0 saturated carbocycles. The standard InChI is InChI=1S/C20H18N2O3S/c1-14-9-10-17(11-21-14)26(24,25)22-12-16(13-23)19-8-4-6-15-5-2-3-7-18(15)20(19)22/h2-3,5,7,9-13H,4,6,8H2,1H3. The van der Waals surface area contributed by atoms with Gasteiger partial charge in [-0.15, -0.1) is 0 Å². The summed E-state index contributed by atoms with van der Waals surface area (Å²) in [5, 5.41) is 0. The largest absolute Gasteiger partial charge is 0.298 e. The van der Waals surface area contributed by atoms with E-state index in [1.807, 2.05) is 24.3 Å². The van der Waals surface area contributed by atoms with Gasteiger partial charge in [0, 0.05) is 29.2 Å². The number of fused-ring (bicyclic) bond motifs is 3. The maximum Gasteiger partial charge on any atom is 0.269 e. The summed E-state index contributed by atoms with van der Waals surface area (Å²) in [6.45, 7) is 1.80. The van der Waals surface area contributed by atoms with E-state index in [1.165, 1.54) is 16.4 Å². The van der Waals surface area contributed by atoms with Crippen LogP contribution in [0.3, 0.4) is 0 Å². The third-order valence-electron chi connectivity index (χ3n) is 4.82. The second-order valence-electron chi connectivity index (χ2n) is 6.48. The van der Waals surface area contributed by atoms with E-state index in [9.17, 15) is 13.2 Å². The molecule has 5 nitrogen and oxygen atoms in total. The van der Waals surface area contributed by atoms with Gasteiger partial charge in [0.1, 0.15) is 4.90 Å². The molecule has 1 aliphatic carbocycles. The number of hydrogen-bond donors (Lipinski definition) is 0. The molecule has 4 rings (SSSR count). The fourth-order valence-corrected chi connectivity index (χ4v) is 4.87. The van der Waals surface area contributed by atoms with Crippen LogP contribution in [0, 0.1) is 6.92 Å². The highest BCUT2D eigenvalue weighted by molar-refractivity contribution is 7.90. The van der Waals surface area contributed by atoms with E-state index >= 15 is 0 Å². The van der Waals surface area contributed by atoms with Crippen molar-refractivity contribution in [1.29, 1.82) is 0 Å². The molecule has 0 unspecified atom stereocenters. The molecule has 1 aliphatic rings. The van der Waals surface area contributed by atoms with Gasteiger partial charge in [-0.1, -0.05) is 24.3 Å². The lowest BCUT2D eigenvalue weighted by atomic mass is 10.0. The Kier molecular flexibility index (Phi) is 4.00. The molecule has 0 saturated heterocycles. The lowest BCUT2D eigenvalue weighted by Crippen LogP contribution is -2.14. The van der Waals surface area contributed by atoms with Crippen LogP contribution in [0.1, 0.15) is 33.6 Å². The van der Waals surface area contributed by atoms with Crippen LogP contribution in [0.5, 0.6) is 0 Å². The van der Waals surface area contributed by atoms with E-state index in [4.69, 9.17) is 0 Å². The zero-order valence-corrected chi connectivity index (χ0v) is 15.2. The summed E-state index contributed by atoms with van der Waals surface area (Å²) in [6, 6.07) is 11.0. The van der Waals surface area contributed by atoms with Gasteiger partial charge in [0.2, 0.25) is 0 Å². The molecule has 6 heteroatoms. The maximum absolute atomic E-state index is 13.3. The third kappa shape index (κ3) is 2.57. The van der Waals surface area contributed by atoms with E-state index in [0.717, 1.165) is 41.5 Å². The van der Waals surface area contributed by atoms with E-state index in [-0.39, 0.29) is 4.90 Å². The summed E-state index contributed by atoms with van der Waals surface area (Å²) in [6.07, 6.45) is 5.95. The molecule has 0 spiro atoms. The Labute approximate surface area is 152 Å². The molecule has 2 aromatic heterocycles. The molecule has 0 N–H and O–H groups in total. The van der Waals surface area contributed by atoms with E-state index < -0.39 is 10.0 Å². The second-order valence-corrected chi connectivity index (χ2v) is 8.29. The summed E-state index contributed by atoms with van der Waals surface area (Å²) >= 11 is 0. The van der Waals surface area contributed by atoms with Crippen molar-refractivity contribution in [3.8, 4) is 11.3 Å². The normalized spacial score (nSPS) is 13.6. The Morgan fingerprint density at radius 1 is 1.12 bits per heavy atom. The number of benzene rings is 1. The quantitative estimate of drug-likeness (QED) is 0.666. The van der Waals surface area contributed by atoms with Gasteiger partial charge in [-0.3, -0.25) is 9.78 Å². The Morgan fingerprint density at radius 2 is 1.92 bits per heavy atom. The van der Waals surface area contributed by atoms with Crippen molar-refractivity contribution in [1.82, 2.24) is 8.96 Å². The van der Waals surface area contributed by atoms with Crippen molar-refractivity contribution in [3.05, 3.63) is 71.2 Å². The number of aryl methyl sites for hydroxylation is 2. The molecule has 0 fully saturated rings. The summed E-state index contributed by atoms with van der Waals surface area (Å²) < 4.78 is 27.8.